The van der Waals surface area contributed by atoms with Crippen LogP contribution >= 0.6 is 0 Å². The normalized spacial score (nSPS) is 11.0. The molecule has 0 aliphatic carbocycles. The summed E-state index contributed by atoms with van der Waals surface area (Å²) in [5, 5.41) is 4.08. The van der Waals surface area contributed by atoms with Gasteiger partial charge < -0.3 is 23.5 Å². The average Bonchev–Trinajstić information content (AvgIpc) is 3.40. The van der Waals surface area contributed by atoms with E-state index in [0.29, 0.717) is 74.1 Å². The van der Waals surface area contributed by atoms with Crippen molar-refractivity contribution in [1.82, 2.24) is 5.16 Å². The van der Waals surface area contributed by atoms with Gasteiger partial charge in [0.1, 0.15) is 18.1 Å². The fraction of sp³-hybridized carbons (Fsp3) is 0.324. The SMILES string of the molecule is COCOC(=O)c1c(C)c(C)c(OC(=O)c2c(C)c(C)c(OCc3ccccc3)c(-c3cc(C)no3)c2C)c(C)c1C. The Bertz CT molecular complexity index is 1620. The predicted octanol–water partition coefficient (Wildman–Crippen LogP) is 7.37. The third-order valence-corrected chi connectivity index (χ3v) is 7.82. The van der Waals surface area contributed by atoms with E-state index < -0.39 is 11.9 Å². The molecule has 1 heterocycles. The topological polar surface area (TPSA) is 97.1 Å². The minimum atomic E-state index is -0.514. The predicted molar refractivity (Wildman–Crippen MR) is 159 cm³/mol. The molecule has 42 heavy (non-hydrogen) atoms. The molecule has 4 aromatic rings. The van der Waals surface area contributed by atoms with Gasteiger partial charge in [-0.15, -0.1) is 0 Å². The number of carbonyl (C=O) groups excluding carboxylic acids is 2. The summed E-state index contributed by atoms with van der Waals surface area (Å²) < 4.78 is 28.3. The summed E-state index contributed by atoms with van der Waals surface area (Å²) >= 11 is 0. The molecule has 0 aliphatic heterocycles. The average molecular weight is 572 g/mol. The highest BCUT2D eigenvalue weighted by molar-refractivity contribution is 5.99. The van der Waals surface area contributed by atoms with Crippen molar-refractivity contribution in [1.29, 1.82) is 0 Å². The van der Waals surface area contributed by atoms with Crippen molar-refractivity contribution in [3.05, 3.63) is 97.7 Å². The van der Waals surface area contributed by atoms with Crippen LogP contribution in [0.3, 0.4) is 0 Å². The zero-order chi connectivity index (χ0) is 30.7. The van der Waals surface area contributed by atoms with Crippen LogP contribution in [0.1, 0.15) is 70.9 Å². The molecule has 8 nitrogen and oxygen atoms in total. The summed E-state index contributed by atoms with van der Waals surface area (Å²) in [6.45, 7) is 15.0. The molecule has 0 aliphatic rings. The lowest BCUT2D eigenvalue weighted by atomic mass is 9.90. The zero-order valence-electron chi connectivity index (χ0n) is 25.7. The van der Waals surface area contributed by atoms with E-state index in [1.165, 1.54) is 7.11 Å². The van der Waals surface area contributed by atoms with Crippen molar-refractivity contribution in [3.8, 4) is 22.8 Å². The first-order valence-electron chi connectivity index (χ1n) is 13.7. The fourth-order valence-electron chi connectivity index (χ4n) is 5.18. The Kier molecular flexibility index (Phi) is 9.17. The second-order valence-corrected chi connectivity index (χ2v) is 10.5. The summed E-state index contributed by atoms with van der Waals surface area (Å²) in [4.78, 5) is 26.7. The van der Waals surface area contributed by atoms with Crippen LogP contribution in [0.15, 0.2) is 40.9 Å². The number of methoxy groups -OCH3 is 1. The van der Waals surface area contributed by atoms with Crippen LogP contribution in [0.5, 0.6) is 11.5 Å². The van der Waals surface area contributed by atoms with Crippen LogP contribution in [-0.2, 0) is 16.1 Å². The van der Waals surface area contributed by atoms with Crippen molar-refractivity contribution in [2.45, 2.75) is 62.0 Å². The first-order valence-corrected chi connectivity index (χ1v) is 13.7. The maximum Gasteiger partial charge on any atom is 0.344 e. The Morgan fingerprint density at radius 1 is 0.738 bits per heavy atom. The van der Waals surface area contributed by atoms with Gasteiger partial charge in [0, 0.05) is 13.2 Å². The third-order valence-electron chi connectivity index (χ3n) is 7.82. The van der Waals surface area contributed by atoms with E-state index in [1.54, 1.807) is 0 Å². The van der Waals surface area contributed by atoms with E-state index in [9.17, 15) is 9.59 Å². The molecule has 0 atom stereocenters. The standard InChI is InChI=1S/C34H37NO7/c1-18-15-27(42-35-18)30-25(8)29(21(4)24(7)32(30)39-16-26-13-11-10-12-14-26)34(37)41-31-22(5)19(2)28(20(3)23(31)6)33(36)40-17-38-9/h10-15H,16-17H2,1-9H3. The summed E-state index contributed by atoms with van der Waals surface area (Å²) in [6, 6.07) is 11.7. The maximum absolute atomic E-state index is 14.0. The second kappa shape index (κ2) is 12.6. The molecule has 0 amide bonds. The minimum Gasteiger partial charge on any atom is -0.488 e. The quantitative estimate of drug-likeness (QED) is 0.117. The monoisotopic (exact) mass is 571 g/mol. The van der Waals surface area contributed by atoms with Crippen LogP contribution in [-0.4, -0.2) is 31.0 Å². The first kappa shape index (κ1) is 30.5. The molecule has 1 aromatic heterocycles. The lowest BCUT2D eigenvalue weighted by Gasteiger charge is -2.22. The molecule has 0 bridgehead atoms. The highest BCUT2D eigenvalue weighted by atomic mass is 16.7. The number of hydrogen-bond donors (Lipinski definition) is 0. The summed E-state index contributed by atoms with van der Waals surface area (Å²) in [5.74, 6) is 0.537. The van der Waals surface area contributed by atoms with Gasteiger partial charge in [0.15, 0.2) is 12.6 Å². The van der Waals surface area contributed by atoms with Gasteiger partial charge in [-0.3, -0.25) is 0 Å². The van der Waals surface area contributed by atoms with Gasteiger partial charge in [0.05, 0.1) is 22.4 Å². The molecular weight excluding hydrogens is 534 g/mol. The van der Waals surface area contributed by atoms with Crippen LogP contribution in [0.4, 0.5) is 0 Å². The lowest BCUT2D eigenvalue weighted by Crippen LogP contribution is -2.18. The van der Waals surface area contributed by atoms with Crippen LogP contribution in [0.2, 0.25) is 0 Å². The highest BCUT2D eigenvalue weighted by Gasteiger charge is 2.29. The zero-order valence-corrected chi connectivity index (χ0v) is 25.7. The van der Waals surface area contributed by atoms with E-state index in [-0.39, 0.29) is 6.79 Å². The Morgan fingerprint density at radius 3 is 1.86 bits per heavy atom. The molecule has 8 heteroatoms. The molecule has 0 spiro atoms. The number of carbonyl (C=O) groups is 2. The Morgan fingerprint density at radius 2 is 1.31 bits per heavy atom. The molecule has 3 aromatic carbocycles. The van der Waals surface area contributed by atoms with E-state index in [0.717, 1.165) is 16.7 Å². The molecule has 0 N–H and O–H groups in total. The highest BCUT2D eigenvalue weighted by Crippen LogP contribution is 2.42. The Balaban J connectivity index is 1.79. The van der Waals surface area contributed by atoms with Crippen LogP contribution < -0.4 is 9.47 Å². The Hall–Kier alpha value is -4.43. The Labute approximate surface area is 246 Å². The van der Waals surface area contributed by atoms with Gasteiger partial charge in [-0.25, -0.2) is 9.59 Å². The number of aromatic nitrogens is 1. The number of aryl methyl sites for hydroxylation is 1. The van der Waals surface area contributed by atoms with Crippen molar-refractivity contribution < 1.29 is 33.1 Å². The number of hydrogen-bond acceptors (Lipinski definition) is 8. The number of ether oxygens (including phenoxy) is 4. The van der Waals surface area contributed by atoms with E-state index >= 15 is 0 Å². The molecule has 0 fully saturated rings. The van der Waals surface area contributed by atoms with Gasteiger partial charge >= 0.3 is 11.9 Å². The van der Waals surface area contributed by atoms with Gasteiger partial charge in [-0.1, -0.05) is 35.5 Å². The molecule has 0 saturated heterocycles. The number of benzene rings is 3. The van der Waals surface area contributed by atoms with Crippen molar-refractivity contribution in [2.24, 2.45) is 0 Å². The van der Waals surface area contributed by atoms with Gasteiger partial charge in [-0.2, -0.15) is 0 Å². The molecule has 0 unspecified atom stereocenters. The molecule has 0 radical (unpaired) electrons. The van der Waals surface area contributed by atoms with E-state index in [1.807, 2.05) is 91.8 Å². The maximum atomic E-state index is 14.0. The van der Waals surface area contributed by atoms with Crippen LogP contribution in [0, 0.1) is 55.4 Å². The molecule has 4 rings (SSSR count). The van der Waals surface area contributed by atoms with Gasteiger partial charge in [-0.05, 0) is 99.9 Å². The lowest BCUT2D eigenvalue weighted by molar-refractivity contribution is -0.0126. The number of esters is 2. The smallest absolute Gasteiger partial charge is 0.344 e. The van der Waals surface area contributed by atoms with Crippen LogP contribution in [0.25, 0.3) is 11.3 Å². The molecule has 0 saturated carbocycles. The molecular formula is C34H37NO7. The second-order valence-electron chi connectivity index (χ2n) is 10.5. The minimum absolute atomic E-state index is 0.150. The molecule has 220 valence electrons. The fourth-order valence-corrected chi connectivity index (χ4v) is 5.18. The van der Waals surface area contributed by atoms with Crippen molar-refractivity contribution >= 4 is 11.9 Å². The largest absolute Gasteiger partial charge is 0.488 e. The third kappa shape index (κ3) is 5.81. The van der Waals surface area contributed by atoms with Crippen molar-refractivity contribution in [3.63, 3.8) is 0 Å². The summed E-state index contributed by atoms with van der Waals surface area (Å²) in [6.07, 6.45) is 0. The number of nitrogens with zero attached hydrogens (tertiary/aromatic N) is 1. The summed E-state index contributed by atoms with van der Waals surface area (Å²) in [7, 11) is 1.45. The van der Waals surface area contributed by atoms with E-state index in [4.69, 9.17) is 23.5 Å². The van der Waals surface area contributed by atoms with Crippen molar-refractivity contribution in [2.75, 3.05) is 13.9 Å². The van der Waals surface area contributed by atoms with E-state index in [2.05, 4.69) is 5.16 Å². The first-order chi connectivity index (χ1) is 20.0. The van der Waals surface area contributed by atoms with Gasteiger partial charge in [0.2, 0.25) is 0 Å². The van der Waals surface area contributed by atoms with Gasteiger partial charge in [0.25, 0.3) is 0 Å². The number of rotatable bonds is 9. The summed E-state index contributed by atoms with van der Waals surface area (Å²) in [5.41, 5.74) is 8.13.